The largest absolute Gasteiger partial charge is 0.493 e. The smallest absolute Gasteiger partial charge is 0.347 e. The first kappa shape index (κ1) is 19.5. The molecule has 1 aromatic heterocycles. The number of carbonyl (C=O) groups is 1. The fourth-order valence-electron chi connectivity index (χ4n) is 3.28. The molecule has 0 unspecified atom stereocenters. The molecule has 2 aromatic rings. The molecule has 1 aromatic carbocycles. The number of aliphatic hydroxyl groups excluding tert-OH is 1. The van der Waals surface area contributed by atoms with Crippen LogP contribution in [0.4, 0.5) is 0 Å². The fourth-order valence-corrected chi connectivity index (χ4v) is 3.28. The van der Waals surface area contributed by atoms with Crippen molar-refractivity contribution >= 4 is 16.8 Å². The van der Waals surface area contributed by atoms with Crippen LogP contribution in [0.25, 0.3) is 11.0 Å². The van der Waals surface area contributed by atoms with E-state index in [1.165, 1.54) is 6.92 Å². The van der Waals surface area contributed by atoms with Crippen molar-refractivity contribution in [2.24, 2.45) is 0 Å². The second kappa shape index (κ2) is 9.12. The third kappa shape index (κ3) is 5.15. The van der Waals surface area contributed by atoms with Crippen LogP contribution in [0.15, 0.2) is 33.5 Å². The Balaban J connectivity index is 1.49. The summed E-state index contributed by atoms with van der Waals surface area (Å²) in [6.07, 6.45) is 0.908. The van der Waals surface area contributed by atoms with Crippen molar-refractivity contribution in [3.8, 4) is 5.75 Å². The summed E-state index contributed by atoms with van der Waals surface area (Å²) in [5.41, 5.74) is -0.134. The van der Waals surface area contributed by atoms with Crippen LogP contribution in [0.1, 0.15) is 23.7 Å². The number of aliphatic hydroxyl groups is 1. The summed E-state index contributed by atoms with van der Waals surface area (Å²) in [7, 11) is 0. The van der Waals surface area contributed by atoms with Crippen molar-refractivity contribution in [2.45, 2.75) is 13.3 Å². The number of ether oxygens (including phenoxy) is 1. The van der Waals surface area contributed by atoms with Crippen molar-refractivity contribution < 1.29 is 19.1 Å². The van der Waals surface area contributed by atoms with Gasteiger partial charge in [0.05, 0.1) is 13.2 Å². The van der Waals surface area contributed by atoms with Gasteiger partial charge >= 0.3 is 5.63 Å². The van der Waals surface area contributed by atoms with E-state index in [-0.39, 0.29) is 18.0 Å². The number of piperazine rings is 1. The number of hydrogen-bond donors (Lipinski definition) is 1. The van der Waals surface area contributed by atoms with E-state index in [1.807, 2.05) is 6.07 Å². The molecule has 0 radical (unpaired) electrons. The minimum atomic E-state index is -0.618. The quantitative estimate of drug-likeness (QED) is 0.424. The van der Waals surface area contributed by atoms with Crippen molar-refractivity contribution in [3.05, 3.63) is 40.2 Å². The molecule has 3 rings (SSSR count). The summed E-state index contributed by atoms with van der Waals surface area (Å²) in [5.74, 6) is 0.345. The lowest BCUT2D eigenvalue weighted by Gasteiger charge is -2.34. The Bertz CT molecular complexity index is 840. The predicted molar refractivity (Wildman–Crippen MR) is 103 cm³/mol. The lowest BCUT2D eigenvalue weighted by molar-refractivity contribution is 0.101. The molecule has 1 fully saturated rings. The van der Waals surface area contributed by atoms with Gasteiger partial charge in [0.2, 0.25) is 0 Å². The van der Waals surface area contributed by atoms with Gasteiger partial charge in [-0.1, -0.05) is 0 Å². The van der Waals surface area contributed by atoms with Gasteiger partial charge in [0.15, 0.2) is 5.78 Å². The summed E-state index contributed by atoms with van der Waals surface area (Å²) in [4.78, 5) is 27.9. The highest BCUT2D eigenvalue weighted by atomic mass is 16.5. The van der Waals surface area contributed by atoms with Gasteiger partial charge < -0.3 is 19.2 Å². The number of nitrogens with zero attached hydrogens (tertiary/aromatic N) is 2. The van der Waals surface area contributed by atoms with Crippen LogP contribution in [-0.4, -0.2) is 73.2 Å². The molecule has 146 valence electrons. The highest BCUT2D eigenvalue weighted by Crippen LogP contribution is 2.21. The van der Waals surface area contributed by atoms with Gasteiger partial charge in [-0.15, -0.1) is 0 Å². The molecule has 7 nitrogen and oxygen atoms in total. The first-order valence-electron chi connectivity index (χ1n) is 9.34. The van der Waals surface area contributed by atoms with Crippen molar-refractivity contribution in [1.82, 2.24) is 9.80 Å². The van der Waals surface area contributed by atoms with Gasteiger partial charge in [-0.05, 0) is 31.5 Å². The van der Waals surface area contributed by atoms with Crippen LogP contribution >= 0.6 is 0 Å². The van der Waals surface area contributed by atoms with Crippen LogP contribution < -0.4 is 10.4 Å². The van der Waals surface area contributed by atoms with Crippen LogP contribution in [-0.2, 0) is 0 Å². The maximum atomic E-state index is 11.8. The summed E-state index contributed by atoms with van der Waals surface area (Å²) in [6.45, 7) is 7.89. The Labute approximate surface area is 158 Å². The molecule has 0 aliphatic carbocycles. The first-order valence-corrected chi connectivity index (χ1v) is 9.34. The number of rotatable bonds is 8. The molecule has 0 spiro atoms. The molecule has 0 atom stereocenters. The van der Waals surface area contributed by atoms with E-state index < -0.39 is 5.63 Å². The van der Waals surface area contributed by atoms with E-state index in [9.17, 15) is 9.59 Å². The zero-order valence-corrected chi connectivity index (χ0v) is 15.6. The maximum Gasteiger partial charge on any atom is 0.347 e. The van der Waals surface area contributed by atoms with Gasteiger partial charge in [0.25, 0.3) is 0 Å². The molecule has 27 heavy (non-hydrogen) atoms. The van der Waals surface area contributed by atoms with Crippen LogP contribution in [0, 0.1) is 0 Å². The SMILES string of the molecule is CC(=O)c1cc2ccc(OCCCN3CCN(CCO)CC3)cc2oc1=O. The van der Waals surface area contributed by atoms with E-state index in [2.05, 4.69) is 9.80 Å². The van der Waals surface area contributed by atoms with E-state index in [4.69, 9.17) is 14.3 Å². The Morgan fingerprint density at radius 2 is 1.85 bits per heavy atom. The van der Waals surface area contributed by atoms with Gasteiger partial charge in [-0.3, -0.25) is 9.69 Å². The number of carbonyl (C=O) groups excluding carboxylic acids is 1. The average molecular weight is 374 g/mol. The van der Waals surface area contributed by atoms with Crippen molar-refractivity contribution in [2.75, 3.05) is 52.5 Å². The molecule has 1 N–H and O–H groups in total. The number of hydrogen-bond acceptors (Lipinski definition) is 7. The fraction of sp³-hybridized carbons (Fsp3) is 0.500. The molecule has 1 aliphatic rings. The minimum absolute atomic E-state index is 0.0651. The number of β-amino-alcohol motifs (C(OH)–C–C–N with tert-alkyl or cyclic N) is 1. The van der Waals surface area contributed by atoms with Crippen LogP contribution in [0.5, 0.6) is 5.75 Å². The molecular formula is C20H26N2O5. The van der Waals surface area contributed by atoms with E-state index >= 15 is 0 Å². The predicted octanol–water partition coefficient (Wildman–Crippen LogP) is 1.37. The second-order valence-corrected chi connectivity index (χ2v) is 6.81. The number of Topliss-reactive ketones (excluding diaryl/α,β-unsaturated/α-hetero) is 1. The molecule has 1 saturated heterocycles. The van der Waals surface area contributed by atoms with Gasteiger partial charge in [0, 0.05) is 50.7 Å². The second-order valence-electron chi connectivity index (χ2n) is 6.81. The van der Waals surface area contributed by atoms with Crippen LogP contribution in [0.3, 0.4) is 0 Å². The zero-order valence-electron chi connectivity index (χ0n) is 15.6. The minimum Gasteiger partial charge on any atom is -0.493 e. The maximum absolute atomic E-state index is 11.8. The van der Waals surface area contributed by atoms with E-state index in [0.29, 0.717) is 23.3 Å². The lowest BCUT2D eigenvalue weighted by atomic mass is 10.1. The summed E-state index contributed by atoms with van der Waals surface area (Å²) >= 11 is 0. The summed E-state index contributed by atoms with van der Waals surface area (Å²) < 4.78 is 11.0. The molecule has 0 amide bonds. The van der Waals surface area contributed by atoms with Gasteiger partial charge in [0.1, 0.15) is 16.9 Å². The Kier molecular flexibility index (Phi) is 6.60. The van der Waals surface area contributed by atoms with Crippen LogP contribution in [0.2, 0.25) is 0 Å². The number of fused-ring (bicyclic) bond motifs is 1. The number of ketones is 1. The normalized spacial score (nSPS) is 15.9. The highest BCUT2D eigenvalue weighted by Gasteiger charge is 2.15. The van der Waals surface area contributed by atoms with Crippen molar-refractivity contribution in [3.63, 3.8) is 0 Å². The Morgan fingerprint density at radius 3 is 2.52 bits per heavy atom. The Hall–Kier alpha value is -2.22. The van der Waals surface area contributed by atoms with E-state index in [1.54, 1.807) is 18.2 Å². The summed E-state index contributed by atoms with van der Waals surface area (Å²) in [6, 6.07) is 6.86. The standard InChI is InChI=1S/C20H26N2O5/c1-15(24)18-13-16-3-4-17(14-19(16)27-20(18)25)26-12-2-5-21-6-8-22(9-7-21)10-11-23/h3-4,13-14,23H,2,5-12H2,1H3. The first-order chi connectivity index (χ1) is 13.1. The highest BCUT2D eigenvalue weighted by molar-refractivity contribution is 5.96. The average Bonchev–Trinajstić information content (AvgIpc) is 2.66. The topological polar surface area (TPSA) is 83.2 Å². The number of benzene rings is 1. The summed E-state index contributed by atoms with van der Waals surface area (Å²) in [5, 5.41) is 9.68. The lowest BCUT2D eigenvalue weighted by Crippen LogP contribution is -2.47. The van der Waals surface area contributed by atoms with E-state index in [0.717, 1.165) is 45.7 Å². The Morgan fingerprint density at radius 1 is 1.15 bits per heavy atom. The molecule has 2 heterocycles. The van der Waals surface area contributed by atoms with Gasteiger partial charge in [-0.2, -0.15) is 0 Å². The molecule has 1 aliphatic heterocycles. The zero-order chi connectivity index (χ0) is 19.2. The molecular weight excluding hydrogens is 348 g/mol. The van der Waals surface area contributed by atoms with Gasteiger partial charge in [-0.25, -0.2) is 4.79 Å². The molecule has 7 heteroatoms. The van der Waals surface area contributed by atoms with Crippen molar-refractivity contribution in [1.29, 1.82) is 0 Å². The third-order valence-electron chi connectivity index (χ3n) is 4.86. The molecule has 0 saturated carbocycles. The monoisotopic (exact) mass is 374 g/mol. The molecule has 0 bridgehead atoms. The third-order valence-corrected chi connectivity index (χ3v) is 4.86.